The number of anilines is 1. The fourth-order valence-electron chi connectivity index (χ4n) is 3.91. The molecule has 0 spiro atoms. The number of hydrogen-bond donors (Lipinski definition) is 1. The Balaban J connectivity index is 2.07. The summed E-state index contributed by atoms with van der Waals surface area (Å²) >= 11 is 25.0. The fourth-order valence-corrected chi connectivity index (χ4v) is 6.10. The number of carbonyl (C=O) groups excluding carboxylic acids is 2. The van der Waals surface area contributed by atoms with Gasteiger partial charge in [-0.15, -0.1) is 0 Å². The van der Waals surface area contributed by atoms with Crippen LogP contribution in [0.2, 0.25) is 20.1 Å². The number of nitrogens with zero attached hydrogens (tertiary/aromatic N) is 2. The van der Waals surface area contributed by atoms with E-state index in [0.29, 0.717) is 17.1 Å². The molecular weight excluding hydrogens is 628 g/mol. The van der Waals surface area contributed by atoms with Gasteiger partial charge in [0.1, 0.15) is 12.6 Å². The lowest BCUT2D eigenvalue weighted by Gasteiger charge is -2.32. The van der Waals surface area contributed by atoms with Crippen molar-refractivity contribution in [3.05, 3.63) is 91.9 Å². The van der Waals surface area contributed by atoms with Crippen LogP contribution in [0.4, 0.5) is 5.69 Å². The molecule has 1 atom stereocenters. The van der Waals surface area contributed by atoms with Crippen LogP contribution < -0.4 is 9.62 Å². The van der Waals surface area contributed by atoms with Crippen molar-refractivity contribution in [2.24, 2.45) is 5.92 Å². The molecule has 0 aliphatic heterocycles. The predicted octanol–water partition coefficient (Wildman–Crippen LogP) is 6.99. The van der Waals surface area contributed by atoms with Crippen LogP contribution in [0.3, 0.4) is 0 Å². The second-order valence-electron chi connectivity index (χ2n) is 9.98. The number of halogens is 4. The molecule has 0 aliphatic rings. The summed E-state index contributed by atoms with van der Waals surface area (Å²) in [5.74, 6) is -0.846. The SMILES string of the molecule is Cc1ccc(S(=O)(=O)N(CC(=O)N(Cc2ccc(Cl)c(Cl)c2)[C@H](C)C(=O)NCC(C)C)c2cccc(Cl)c2Cl)cc1. The Morgan fingerprint density at radius 2 is 1.54 bits per heavy atom. The molecule has 220 valence electrons. The van der Waals surface area contributed by atoms with E-state index < -0.39 is 28.5 Å². The minimum atomic E-state index is -4.29. The number of sulfonamides is 1. The van der Waals surface area contributed by atoms with Crippen LogP contribution in [0.25, 0.3) is 0 Å². The topological polar surface area (TPSA) is 86.8 Å². The average molecular weight is 659 g/mol. The number of amides is 2. The zero-order chi connectivity index (χ0) is 30.5. The number of hydrogen-bond acceptors (Lipinski definition) is 4. The third kappa shape index (κ3) is 8.30. The van der Waals surface area contributed by atoms with E-state index >= 15 is 0 Å². The lowest BCUT2D eigenvalue weighted by atomic mass is 10.1. The van der Waals surface area contributed by atoms with Gasteiger partial charge in [0.25, 0.3) is 10.0 Å². The van der Waals surface area contributed by atoms with Gasteiger partial charge in [-0.3, -0.25) is 13.9 Å². The fraction of sp³-hybridized carbons (Fsp3) is 0.310. The quantitative estimate of drug-likeness (QED) is 0.241. The summed E-state index contributed by atoms with van der Waals surface area (Å²) in [6.45, 7) is 7.03. The monoisotopic (exact) mass is 657 g/mol. The molecule has 3 aromatic carbocycles. The maximum absolute atomic E-state index is 14.0. The summed E-state index contributed by atoms with van der Waals surface area (Å²) in [7, 11) is -4.29. The lowest BCUT2D eigenvalue weighted by Crippen LogP contribution is -2.51. The maximum Gasteiger partial charge on any atom is 0.264 e. The van der Waals surface area contributed by atoms with Crippen molar-refractivity contribution >= 4 is 73.9 Å². The van der Waals surface area contributed by atoms with Gasteiger partial charge in [-0.1, -0.05) is 90.1 Å². The van der Waals surface area contributed by atoms with Gasteiger partial charge in [-0.25, -0.2) is 8.42 Å². The molecule has 0 saturated heterocycles. The van der Waals surface area contributed by atoms with Crippen molar-refractivity contribution in [1.29, 1.82) is 0 Å². The molecule has 0 radical (unpaired) electrons. The summed E-state index contributed by atoms with van der Waals surface area (Å²) < 4.78 is 28.8. The highest BCUT2D eigenvalue weighted by molar-refractivity contribution is 7.92. The Hall–Kier alpha value is -2.49. The minimum Gasteiger partial charge on any atom is -0.354 e. The van der Waals surface area contributed by atoms with Crippen molar-refractivity contribution in [3.8, 4) is 0 Å². The largest absolute Gasteiger partial charge is 0.354 e. The number of rotatable bonds is 11. The van der Waals surface area contributed by atoms with Crippen LogP contribution >= 0.6 is 46.4 Å². The first-order valence-corrected chi connectivity index (χ1v) is 15.7. The Morgan fingerprint density at radius 1 is 0.878 bits per heavy atom. The Labute approximate surface area is 261 Å². The maximum atomic E-state index is 14.0. The molecule has 7 nitrogen and oxygen atoms in total. The number of aryl methyl sites for hydroxylation is 1. The summed E-state index contributed by atoms with van der Waals surface area (Å²) in [4.78, 5) is 28.3. The van der Waals surface area contributed by atoms with Gasteiger partial charge < -0.3 is 10.2 Å². The van der Waals surface area contributed by atoms with E-state index in [-0.39, 0.29) is 44.0 Å². The van der Waals surface area contributed by atoms with Crippen molar-refractivity contribution in [1.82, 2.24) is 10.2 Å². The van der Waals surface area contributed by atoms with E-state index in [1.807, 2.05) is 20.8 Å². The van der Waals surface area contributed by atoms with Crippen LogP contribution in [-0.2, 0) is 26.2 Å². The van der Waals surface area contributed by atoms with Crippen LogP contribution in [0.15, 0.2) is 65.6 Å². The van der Waals surface area contributed by atoms with E-state index in [9.17, 15) is 18.0 Å². The van der Waals surface area contributed by atoms with Gasteiger partial charge in [-0.2, -0.15) is 0 Å². The summed E-state index contributed by atoms with van der Waals surface area (Å²) in [5.41, 5.74) is 1.49. The van der Waals surface area contributed by atoms with E-state index in [0.717, 1.165) is 9.87 Å². The molecular formula is C29H31Cl4N3O4S. The normalized spacial score (nSPS) is 12.2. The molecule has 0 fully saturated rings. The van der Waals surface area contributed by atoms with Crippen molar-refractivity contribution < 1.29 is 18.0 Å². The third-order valence-electron chi connectivity index (χ3n) is 6.28. The summed E-state index contributed by atoms with van der Waals surface area (Å²) in [5, 5.41) is 3.54. The van der Waals surface area contributed by atoms with E-state index in [1.54, 1.807) is 43.3 Å². The lowest BCUT2D eigenvalue weighted by molar-refractivity contribution is -0.139. The number of benzene rings is 3. The number of carbonyl (C=O) groups is 2. The third-order valence-corrected chi connectivity index (χ3v) is 9.60. The van der Waals surface area contributed by atoms with E-state index in [4.69, 9.17) is 46.4 Å². The molecule has 2 amide bonds. The van der Waals surface area contributed by atoms with Crippen molar-refractivity contribution in [2.75, 3.05) is 17.4 Å². The molecule has 0 aliphatic carbocycles. The molecule has 0 unspecified atom stereocenters. The second-order valence-corrected chi connectivity index (χ2v) is 13.4. The Bertz CT molecular complexity index is 1510. The van der Waals surface area contributed by atoms with Crippen LogP contribution in [0.5, 0.6) is 0 Å². The Kier molecular flexibility index (Phi) is 11.4. The van der Waals surface area contributed by atoms with Gasteiger partial charge in [0.15, 0.2) is 0 Å². The Morgan fingerprint density at radius 3 is 2.15 bits per heavy atom. The first-order valence-electron chi connectivity index (χ1n) is 12.8. The second kappa shape index (κ2) is 14.1. The van der Waals surface area contributed by atoms with Gasteiger partial charge in [0.2, 0.25) is 11.8 Å². The summed E-state index contributed by atoms with van der Waals surface area (Å²) in [6, 6.07) is 14.7. The molecule has 0 heterocycles. The zero-order valence-corrected chi connectivity index (χ0v) is 26.8. The molecule has 3 rings (SSSR count). The van der Waals surface area contributed by atoms with Crippen LogP contribution in [0.1, 0.15) is 31.9 Å². The zero-order valence-electron chi connectivity index (χ0n) is 23.0. The number of nitrogens with one attached hydrogen (secondary N) is 1. The van der Waals surface area contributed by atoms with Gasteiger partial charge >= 0.3 is 0 Å². The molecule has 1 N–H and O–H groups in total. The van der Waals surface area contributed by atoms with E-state index in [2.05, 4.69) is 5.32 Å². The molecule has 0 bridgehead atoms. The highest BCUT2D eigenvalue weighted by Crippen LogP contribution is 2.35. The first kappa shape index (κ1) is 33.0. The summed E-state index contributed by atoms with van der Waals surface area (Å²) in [6.07, 6.45) is 0. The van der Waals surface area contributed by atoms with Gasteiger partial charge in [-0.05, 0) is 61.7 Å². The van der Waals surface area contributed by atoms with Crippen LogP contribution in [0, 0.1) is 12.8 Å². The standard InChI is InChI=1S/C29H31Cl4N3O4S/c1-18(2)15-34-29(38)20(4)35(16-21-10-13-23(30)25(32)14-21)27(37)17-36(26-7-5-6-24(31)28(26)33)41(39,40)22-11-8-19(3)9-12-22/h5-14,18,20H,15-17H2,1-4H3,(H,34,38)/t20-/m1/s1. The van der Waals surface area contributed by atoms with Crippen molar-refractivity contribution in [3.63, 3.8) is 0 Å². The molecule has 0 aromatic heterocycles. The molecule has 41 heavy (non-hydrogen) atoms. The first-order chi connectivity index (χ1) is 19.2. The highest BCUT2D eigenvalue weighted by Gasteiger charge is 2.33. The molecule has 3 aromatic rings. The van der Waals surface area contributed by atoms with Crippen LogP contribution in [-0.4, -0.2) is 44.3 Å². The van der Waals surface area contributed by atoms with Crippen molar-refractivity contribution in [2.45, 2.75) is 45.2 Å². The smallest absolute Gasteiger partial charge is 0.264 e. The highest BCUT2D eigenvalue weighted by atomic mass is 35.5. The van der Waals surface area contributed by atoms with Gasteiger partial charge in [0.05, 0.1) is 30.7 Å². The van der Waals surface area contributed by atoms with Gasteiger partial charge in [0, 0.05) is 13.1 Å². The molecule has 12 heteroatoms. The molecule has 0 saturated carbocycles. The minimum absolute atomic E-state index is 0.0273. The predicted molar refractivity (Wildman–Crippen MR) is 166 cm³/mol. The van der Waals surface area contributed by atoms with E-state index in [1.165, 1.54) is 29.2 Å². The average Bonchev–Trinajstić information content (AvgIpc) is 2.92.